The van der Waals surface area contributed by atoms with Crippen LogP contribution in [0.25, 0.3) is 0 Å². The number of phenolic OH excluding ortho intramolecular Hbond substituents is 1. The van der Waals surface area contributed by atoms with Crippen LogP contribution >= 0.6 is 0 Å². The molecule has 2 atom stereocenters. The van der Waals surface area contributed by atoms with E-state index in [0.29, 0.717) is 22.3 Å². The maximum absolute atomic E-state index is 12.2. The normalized spacial score (nSPS) is 22.7. The summed E-state index contributed by atoms with van der Waals surface area (Å²) in [5.41, 5.74) is 1.87. The summed E-state index contributed by atoms with van der Waals surface area (Å²) >= 11 is 0. The fourth-order valence-corrected chi connectivity index (χ4v) is 3.56. The van der Waals surface area contributed by atoms with Crippen molar-refractivity contribution in [2.75, 3.05) is 0 Å². The number of Topliss-reactive ketones (excluding diaryl/α,β-unsaturated/α-hetero) is 1. The number of aromatic hydroxyl groups is 1. The maximum atomic E-state index is 12.2. The highest BCUT2D eigenvalue weighted by Gasteiger charge is 2.49. The van der Waals surface area contributed by atoms with E-state index in [1.165, 1.54) is 0 Å². The fraction of sp³-hybridized carbons (Fsp3) is 0.263. The van der Waals surface area contributed by atoms with Crippen molar-refractivity contribution >= 4 is 12.1 Å². The van der Waals surface area contributed by atoms with Crippen molar-refractivity contribution in [3.8, 4) is 5.75 Å². The Kier molecular flexibility index (Phi) is 3.57. The molecular formula is C19H18O4. The summed E-state index contributed by atoms with van der Waals surface area (Å²) < 4.78 is 0. The number of carbonyl (C=O) groups is 2. The number of hydrogen-bond acceptors (Lipinski definition) is 4. The molecular weight excluding hydrogens is 292 g/mol. The smallest absolute Gasteiger partial charge is 0.205 e. The number of hydrogen-bond donors (Lipinski definition) is 2. The number of aliphatic hydroxyl groups is 1. The lowest BCUT2D eigenvalue weighted by Crippen LogP contribution is -2.36. The van der Waals surface area contributed by atoms with Gasteiger partial charge in [0.1, 0.15) is 11.4 Å². The molecule has 4 heteroatoms. The molecule has 4 nitrogen and oxygen atoms in total. The van der Waals surface area contributed by atoms with Gasteiger partial charge in [-0.2, -0.15) is 0 Å². The van der Waals surface area contributed by atoms with Gasteiger partial charge in [-0.1, -0.05) is 24.3 Å². The molecule has 0 bridgehead atoms. The molecule has 1 aliphatic rings. The second-order valence-electron chi connectivity index (χ2n) is 6.21. The highest BCUT2D eigenvalue weighted by molar-refractivity contribution is 6.28. The number of rotatable bonds is 3. The van der Waals surface area contributed by atoms with Gasteiger partial charge in [-0.05, 0) is 53.8 Å². The molecule has 0 saturated carbocycles. The lowest BCUT2D eigenvalue weighted by atomic mass is 9.78. The van der Waals surface area contributed by atoms with Crippen LogP contribution in [0.4, 0.5) is 0 Å². The van der Waals surface area contributed by atoms with Gasteiger partial charge in [0.15, 0.2) is 6.29 Å². The number of ketones is 1. The number of phenols is 1. The van der Waals surface area contributed by atoms with E-state index in [1.54, 1.807) is 38.1 Å². The molecule has 2 aromatic carbocycles. The van der Waals surface area contributed by atoms with Gasteiger partial charge in [-0.3, -0.25) is 9.59 Å². The molecule has 0 aliphatic heterocycles. The first-order valence-corrected chi connectivity index (χ1v) is 7.48. The standard InChI is InChI=1S/C19H18O4/c1-11-7-14(8-12(2)18(11)22)19(23)9-13-5-3-4-6-15(13)17(19)16(21)10-20/h3-8,10,17,22-23H,9H2,1-2H3. The van der Waals surface area contributed by atoms with Gasteiger partial charge in [-0.15, -0.1) is 0 Å². The number of benzene rings is 2. The molecule has 118 valence electrons. The zero-order valence-electron chi connectivity index (χ0n) is 13.0. The van der Waals surface area contributed by atoms with Crippen molar-refractivity contribution in [3.63, 3.8) is 0 Å². The number of aldehydes is 1. The average molecular weight is 310 g/mol. The van der Waals surface area contributed by atoms with Crippen molar-refractivity contribution in [2.24, 2.45) is 0 Å². The minimum Gasteiger partial charge on any atom is -0.507 e. The predicted octanol–water partition coefficient (Wildman–Crippen LogP) is 2.30. The summed E-state index contributed by atoms with van der Waals surface area (Å²) in [5, 5.41) is 21.3. The molecule has 3 rings (SSSR count). The first-order chi connectivity index (χ1) is 10.9. The zero-order chi connectivity index (χ0) is 16.8. The van der Waals surface area contributed by atoms with Crippen molar-refractivity contribution < 1.29 is 19.8 Å². The van der Waals surface area contributed by atoms with E-state index in [4.69, 9.17) is 0 Å². The summed E-state index contributed by atoms with van der Waals surface area (Å²) in [6.07, 6.45) is 0.537. The van der Waals surface area contributed by atoms with Gasteiger partial charge in [0.25, 0.3) is 0 Å². The largest absolute Gasteiger partial charge is 0.507 e. The quantitative estimate of drug-likeness (QED) is 0.674. The van der Waals surface area contributed by atoms with Crippen LogP contribution in [0.2, 0.25) is 0 Å². The van der Waals surface area contributed by atoms with E-state index in [-0.39, 0.29) is 18.5 Å². The van der Waals surface area contributed by atoms with E-state index >= 15 is 0 Å². The van der Waals surface area contributed by atoms with E-state index < -0.39 is 17.3 Å². The Hall–Kier alpha value is -2.46. The van der Waals surface area contributed by atoms with Crippen LogP contribution in [0.1, 0.15) is 33.7 Å². The van der Waals surface area contributed by atoms with Crippen molar-refractivity contribution in [1.29, 1.82) is 0 Å². The SMILES string of the molecule is Cc1cc(C2(O)Cc3ccccc3C2C(=O)C=O)cc(C)c1O. The number of fused-ring (bicyclic) bond motifs is 1. The highest BCUT2D eigenvalue weighted by atomic mass is 16.3. The molecule has 0 fully saturated rings. The minimum atomic E-state index is -1.48. The number of aryl methyl sites for hydroxylation is 2. The Balaban J connectivity index is 2.21. The Morgan fingerprint density at radius 2 is 1.83 bits per heavy atom. The van der Waals surface area contributed by atoms with Crippen LogP contribution in [0.3, 0.4) is 0 Å². The van der Waals surface area contributed by atoms with Crippen LogP contribution in [0.5, 0.6) is 5.75 Å². The third-order valence-electron chi connectivity index (χ3n) is 4.70. The second kappa shape index (κ2) is 5.32. The molecule has 0 heterocycles. The van der Waals surface area contributed by atoms with E-state index in [2.05, 4.69) is 0 Å². The molecule has 2 N–H and O–H groups in total. The van der Waals surface area contributed by atoms with Crippen molar-refractivity contribution in [3.05, 3.63) is 64.2 Å². The Labute approximate surface area is 134 Å². The van der Waals surface area contributed by atoms with Gasteiger partial charge in [0.2, 0.25) is 5.78 Å². The molecule has 2 aromatic rings. The summed E-state index contributed by atoms with van der Waals surface area (Å²) in [6, 6.07) is 10.6. The van der Waals surface area contributed by atoms with Crippen LogP contribution in [0.15, 0.2) is 36.4 Å². The van der Waals surface area contributed by atoms with Gasteiger partial charge >= 0.3 is 0 Å². The molecule has 23 heavy (non-hydrogen) atoms. The molecule has 2 unspecified atom stereocenters. The Morgan fingerprint density at radius 3 is 2.43 bits per heavy atom. The first kappa shape index (κ1) is 15.4. The summed E-state index contributed by atoms with van der Waals surface area (Å²) in [4.78, 5) is 23.3. The van der Waals surface area contributed by atoms with Crippen LogP contribution in [-0.2, 0) is 21.6 Å². The highest BCUT2D eigenvalue weighted by Crippen LogP contribution is 2.48. The zero-order valence-corrected chi connectivity index (χ0v) is 13.0. The molecule has 0 amide bonds. The molecule has 0 radical (unpaired) electrons. The van der Waals surface area contributed by atoms with E-state index in [1.807, 2.05) is 12.1 Å². The maximum Gasteiger partial charge on any atom is 0.205 e. The van der Waals surface area contributed by atoms with Crippen molar-refractivity contribution in [2.45, 2.75) is 31.8 Å². The van der Waals surface area contributed by atoms with E-state index in [9.17, 15) is 19.8 Å². The predicted molar refractivity (Wildman–Crippen MR) is 85.4 cm³/mol. The van der Waals surface area contributed by atoms with Crippen molar-refractivity contribution in [1.82, 2.24) is 0 Å². The Bertz CT molecular complexity index is 786. The second-order valence-corrected chi connectivity index (χ2v) is 6.21. The fourth-order valence-electron chi connectivity index (χ4n) is 3.56. The van der Waals surface area contributed by atoms with Crippen LogP contribution < -0.4 is 0 Å². The van der Waals surface area contributed by atoms with E-state index in [0.717, 1.165) is 5.56 Å². The van der Waals surface area contributed by atoms with Gasteiger partial charge in [0.05, 0.1) is 5.92 Å². The summed E-state index contributed by atoms with van der Waals surface area (Å²) in [6.45, 7) is 3.49. The van der Waals surface area contributed by atoms with Gasteiger partial charge in [0, 0.05) is 6.42 Å². The van der Waals surface area contributed by atoms with Crippen LogP contribution in [-0.4, -0.2) is 22.3 Å². The molecule has 0 spiro atoms. The van der Waals surface area contributed by atoms with Gasteiger partial charge in [-0.25, -0.2) is 0 Å². The first-order valence-electron chi connectivity index (χ1n) is 7.48. The number of carbonyl (C=O) groups excluding carboxylic acids is 2. The van der Waals surface area contributed by atoms with Crippen LogP contribution in [0, 0.1) is 13.8 Å². The topological polar surface area (TPSA) is 74.6 Å². The van der Waals surface area contributed by atoms with Gasteiger partial charge < -0.3 is 10.2 Å². The monoisotopic (exact) mass is 310 g/mol. The lowest BCUT2D eigenvalue weighted by Gasteiger charge is -2.30. The lowest BCUT2D eigenvalue weighted by molar-refractivity contribution is -0.135. The average Bonchev–Trinajstić information content (AvgIpc) is 2.84. The molecule has 1 aliphatic carbocycles. The molecule has 0 saturated heterocycles. The molecule has 0 aromatic heterocycles. The minimum absolute atomic E-state index is 0.172. The third kappa shape index (κ3) is 2.26. The summed E-state index contributed by atoms with van der Waals surface area (Å²) in [7, 11) is 0. The Morgan fingerprint density at radius 1 is 1.22 bits per heavy atom. The third-order valence-corrected chi connectivity index (χ3v) is 4.70. The summed E-state index contributed by atoms with van der Waals surface area (Å²) in [5.74, 6) is -1.38.